The van der Waals surface area contributed by atoms with Crippen LogP contribution in [0.3, 0.4) is 0 Å². The number of carbonyl (C=O) groups excluding carboxylic acids is 2. The minimum Gasteiger partial charge on any atom is -0.465 e. The number of rotatable bonds is 8. The van der Waals surface area contributed by atoms with Crippen molar-refractivity contribution in [1.29, 1.82) is 0 Å². The van der Waals surface area contributed by atoms with Crippen molar-refractivity contribution in [2.75, 3.05) is 0 Å². The van der Waals surface area contributed by atoms with E-state index in [0.717, 1.165) is 31.0 Å². The van der Waals surface area contributed by atoms with Crippen LogP contribution in [0.2, 0.25) is 0 Å². The molecular formula is C24H27N2O3+. The maximum Gasteiger partial charge on any atom is 0.254 e. The first-order valence-corrected chi connectivity index (χ1v) is 10.5. The number of nitrogens with zero attached hydrogens (tertiary/aromatic N) is 2. The van der Waals surface area contributed by atoms with Gasteiger partial charge in [-0.3, -0.25) is 9.59 Å². The Balaban J connectivity index is 1.77. The predicted molar refractivity (Wildman–Crippen MR) is 109 cm³/mol. The molecule has 0 N–H and O–H groups in total. The topological polar surface area (TPSA) is 56.1 Å². The standard InChI is InChI=1S/C24H27N2O3/c1-3-4-5-6-9-14-25-17(2)26(16-18-11-10-15-29-18)22-21(25)23(27)19-12-7-8-13-20(19)24(22)28/h7-8,10-13,15H,3-6,9,14,16H2,1-2H3/q+1. The van der Waals surface area contributed by atoms with Gasteiger partial charge in [0.25, 0.3) is 5.82 Å². The molecule has 3 aromatic rings. The highest BCUT2D eigenvalue weighted by atomic mass is 16.3. The third-order valence-electron chi connectivity index (χ3n) is 5.77. The number of fused-ring (bicyclic) bond motifs is 2. The Kier molecular flexibility index (Phi) is 5.47. The summed E-state index contributed by atoms with van der Waals surface area (Å²) in [6, 6.07) is 10.9. The second kappa shape index (κ2) is 8.19. The third kappa shape index (κ3) is 3.46. The summed E-state index contributed by atoms with van der Waals surface area (Å²) in [5, 5.41) is 0. The second-order valence-corrected chi connectivity index (χ2v) is 7.68. The molecule has 4 rings (SSSR count). The Labute approximate surface area is 171 Å². The molecule has 0 unspecified atom stereocenters. The molecule has 0 atom stereocenters. The number of aromatic nitrogens is 2. The average molecular weight is 391 g/mol. The summed E-state index contributed by atoms with van der Waals surface area (Å²) in [6.07, 6.45) is 7.37. The highest BCUT2D eigenvalue weighted by molar-refractivity contribution is 6.26. The molecule has 0 spiro atoms. The molecule has 1 aliphatic carbocycles. The molecule has 1 aliphatic rings. The molecule has 1 aromatic carbocycles. The molecule has 0 amide bonds. The van der Waals surface area contributed by atoms with Crippen molar-refractivity contribution in [3.05, 3.63) is 76.8 Å². The van der Waals surface area contributed by atoms with Gasteiger partial charge in [-0.05, 0) is 25.0 Å². The SMILES string of the molecule is CCCCCCCn1c2c([n+](Cc3ccco3)c1C)C(=O)c1ccccc1C2=O. The monoisotopic (exact) mass is 391 g/mol. The molecule has 5 nitrogen and oxygen atoms in total. The van der Waals surface area contributed by atoms with E-state index in [0.29, 0.717) is 29.1 Å². The van der Waals surface area contributed by atoms with E-state index in [4.69, 9.17) is 4.42 Å². The van der Waals surface area contributed by atoms with Crippen molar-refractivity contribution in [2.24, 2.45) is 0 Å². The van der Waals surface area contributed by atoms with E-state index >= 15 is 0 Å². The molecule has 0 bridgehead atoms. The minimum atomic E-state index is -0.0883. The van der Waals surface area contributed by atoms with Crippen molar-refractivity contribution < 1.29 is 18.6 Å². The number of furan rings is 1. The molecule has 0 fully saturated rings. The van der Waals surface area contributed by atoms with E-state index in [9.17, 15) is 9.59 Å². The van der Waals surface area contributed by atoms with Crippen molar-refractivity contribution in [3.63, 3.8) is 0 Å². The van der Waals surface area contributed by atoms with Gasteiger partial charge in [-0.2, -0.15) is 0 Å². The molecule has 0 aliphatic heterocycles. The number of hydrogen-bond acceptors (Lipinski definition) is 3. The van der Waals surface area contributed by atoms with Crippen LogP contribution < -0.4 is 4.57 Å². The maximum absolute atomic E-state index is 13.4. The van der Waals surface area contributed by atoms with Gasteiger partial charge in [0.15, 0.2) is 0 Å². The van der Waals surface area contributed by atoms with Crippen LogP contribution in [0.5, 0.6) is 0 Å². The second-order valence-electron chi connectivity index (χ2n) is 7.68. The first kappa shape index (κ1) is 19.4. The van der Waals surface area contributed by atoms with Crippen molar-refractivity contribution >= 4 is 11.6 Å². The Morgan fingerprint density at radius 3 is 2.34 bits per heavy atom. The Morgan fingerprint density at radius 1 is 0.931 bits per heavy atom. The lowest BCUT2D eigenvalue weighted by molar-refractivity contribution is -0.697. The van der Waals surface area contributed by atoms with Crippen LogP contribution in [0.4, 0.5) is 0 Å². The fraction of sp³-hybridized carbons (Fsp3) is 0.375. The minimum absolute atomic E-state index is 0.0648. The highest BCUT2D eigenvalue weighted by Gasteiger charge is 2.42. The van der Waals surface area contributed by atoms with Gasteiger partial charge in [0.2, 0.25) is 23.0 Å². The van der Waals surface area contributed by atoms with Crippen LogP contribution in [0.1, 0.15) is 82.7 Å². The van der Waals surface area contributed by atoms with Gasteiger partial charge in [-0.25, -0.2) is 9.13 Å². The first-order chi connectivity index (χ1) is 14.1. The Hall–Kier alpha value is -2.95. The highest BCUT2D eigenvalue weighted by Crippen LogP contribution is 2.27. The van der Waals surface area contributed by atoms with Crippen LogP contribution in [0, 0.1) is 6.92 Å². The van der Waals surface area contributed by atoms with Crippen molar-refractivity contribution in [3.8, 4) is 0 Å². The molecule has 0 radical (unpaired) electrons. The third-order valence-corrected chi connectivity index (χ3v) is 5.77. The van der Waals surface area contributed by atoms with Gasteiger partial charge in [0.05, 0.1) is 12.8 Å². The summed E-state index contributed by atoms with van der Waals surface area (Å²) in [5.41, 5.74) is 1.99. The van der Waals surface area contributed by atoms with Gasteiger partial charge in [-0.1, -0.05) is 50.5 Å². The zero-order valence-corrected chi connectivity index (χ0v) is 17.1. The molecule has 0 saturated carbocycles. The van der Waals surface area contributed by atoms with E-state index < -0.39 is 0 Å². The normalized spacial score (nSPS) is 12.9. The average Bonchev–Trinajstić information content (AvgIpc) is 3.34. The summed E-state index contributed by atoms with van der Waals surface area (Å²) < 4.78 is 9.51. The maximum atomic E-state index is 13.4. The van der Waals surface area contributed by atoms with Gasteiger partial charge >= 0.3 is 0 Å². The van der Waals surface area contributed by atoms with Crippen molar-refractivity contribution in [1.82, 2.24) is 4.57 Å². The van der Waals surface area contributed by atoms with Crippen LogP contribution in [-0.4, -0.2) is 16.1 Å². The molecular weight excluding hydrogens is 364 g/mol. The summed E-state index contributed by atoms with van der Waals surface area (Å²) in [4.78, 5) is 26.7. The van der Waals surface area contributed by atoms with Crippen LogP contribution in [0.25, 0.3) is 0 Å². The van der Waals surface area contributed by atoms with E-state index in [-0.39, 0.29) is 11.6 Å². The fourth-order valence-electron chi connectivity index (χ4n) is 4.22. The Morgan fingerprint density at radius 2 is 1.66 bits per heavy atom. The van der Waals surface area contributed by atoms with Crippen LogP contribution in [0.15, 0.2) is 47.1 Å². The zero-order chi connectivity index (χ0) is 20.4. The number of unbranched alkanes of at least 4 members (excludes halogenated alkanes) is 4. The lowest BCUT2D eigenvalue weighted by Gasteiger charge is -2.12. The van der Waals surface area contributed by atoms with Gasteiger partial charge < -0.3 is 4.42 Å². The molecule has 29 heavy (non-hydrogen) atoms. The molecule has 5 heteroatoms. The fourth-order valence-corrected chi connectivity index (χ4v) is 4.22. The van der Waals surface area contributed by atoms with Crippen molar-refractivity contribution in [2.45, 2.75) is 59.0 Å². The summed E-state index contributed by atoms with van der Waals surface area (Å²) in [7, 11) is 0. The van der Waals surface area contributed by atoms with Gasteiger partial charge in [-0.15, -0.1) is 0 Å². The van der Waals surface area contributed by atoms with Crippen LogP contribution >= 0.6 is 0 Å². The van der Waals surface area contributed by atoms with E-state index in [1.807, 2.05) is 40.3 Å². The number of hydrogen-bond donors (Lipinski definition) is 0. The summed E-state index contributed by atoms with van der Waals surface area (Å²) in [6.45, 7) is 5.36. The molecule has 2 heterocycles. The molecule has 2 aromatic heterocycles. The van der Waals surface area contributed by atoms with Gasteiger partial charge in [0, 0.05) is 18.1 Å². The molecule has 0 saturated heterocycles. The van der Waals surface area contributed by atoms with E-state index in [2.05, 4.69) is 6.92 Å². The number of ketones is 2. The van der Waals surface area contributed by atoms with Crippen LogP contribution in [-0.2, 0) is 13.1 Å². The number of imidazole rings is 1. The molecule has 150 valence electrons. The largest absolute Gasteiger partial charge is 0.465 e. The lowest BCUT2D eigenvalue weighted by Crippen LogP contribution is -2.43. The summed E-state index contributed by atoms with van der Waals surface area (Å²) in [5.74, 6) is 1.52. The summed E-state index contributed by atoms with van der Waals surface area (Å²) >= 11 is 0. The van der Waals surface area contributed by atoms with E-state index in [1.54, 1.807) is 18.4 Å². The zero-order valence-electron chi connectivity index (χ0n) is 17.1. The quantitative estimate of drug-likeness (QED) is 0.329. The van der Waals surface area contributed by atoms with Gasteiger partial charge in [0.1, 0.15) is 12.3 Å². The smallest absolute Gasteiger partial charge is 0.254 e. The number of carbonyl (C=O) groups is 2. The predicted octanol–water partition coefficient (Wildman–Crippen LogP) is 4.47. The van der Waals surface area contributed by atoms with E-state index in [1.165, 1.54) is 19.3 Å². The Bertz CT molecular complexity index is 1040. The first-order valence-electron chi connectivity index (χ1n) is 10.5. The lowest BCUT2D eigenvalue weighted by atomic mass is 9.90. The number of benzene rings is 1.